The highest BCUT2D eigenvalue weighted by Crippen LogP contribution is 2.46. The molecular formula is C18H26B2ClFN3O8P. The third-order valence-corrected chi connectivity index (χ3v) is 6.81. The van der Waals surface area contributed by atoms with E-state index in [1.54, 1.807) is 18.8 Å². The number of nitrogens with one attached hydrogen (secondary N) is 2. The number of rotatable bonds is 8. The summed E-state index contributed by atoms with van der Waals surface area (Å²) in [6, 6.07) is -0.951. The molecule has 1 saturated heterocycles. The molecule has 0 aromatic carbocycles. The van der Waals surface area contributed by atoms with Crippen molar-refractivity contribution in [2.75, 3.05) is 0 Å². The molecule has 0 spiro atoms. The molecule has 1 aliphatic rings. The fourth-order valence-corrected chi connectivity index (χ4v) is 4.84. The van der Waals surface area contributed by atoms with Crippen LogP contribution in [0.5, 0.6) is 0 Å². The number of hydrogen-bond donors (Lipinski definition) is 3. The number of halogens is 2. The topological polar surface area (TPSA) is 149 Å². The van der Waals surface area contributed by atoms with Crippen LogP contribution in [0.1, 0.15) is 33.9 Å². The Balaban J connectivity index is 2.32. The van der Waals surface area contributed by atoms with E-state index in [9.17, 15) is 28.4 Å². The van der Waals surface area contributed by atoms with Gasteiger partial charge in [-0.2, -0.15) is 4.39 Å². The molecule has 3 unspecified atom stereocenters. The second kappa shape index (κ2) is 10.8. The van der Waals surface area contributed by atoms with Crippen LogP contribution < -0.4 is 16.3 Å². The van der Waals surface area contributed by atoms with E-state index < -0.39 is 66.0 Å². The highest BCUT2D eigenvalue weighted by atomic mass is 35.5. The molecule has 0 saturated carbocycles. The number of aromatic amines is 1. The summed E-state index contributed by atoms with van der Waals surface area (Å²) in [7, 11) is -0.199. The maximum Gasteiger partial charge on any atom is 0.330 e. The Hall–Kier alpha value is -1.87. The third kappa shape index (κ3) is 6.03. The molecule has 2 heterocycles. The van der Waals surface area contributed by atoms with Crippen molar-refractivity contribution in [2.24, 2.45) is 0 Å². The molecule has 186 valence electrons. The van der Waals surface area contributed by atoms with Crippen LogP contribution in [-0.4, -0.2) is 70.9 Å². The normalized spacial score (nSPS) is 26.5. The second-order valence-corrected chi connectivity index (χ2v) is 10.2. The van der Waals surface area contributed by atoms with Crippen LogP contribution in [0.15, 0.2) is 15.8 Å². The molecule has 1 aromatic heterocycles. The van der Waals surface area contributed by atoms with Crippen molar-refractivity contribution in [3.8, 4) is 11.8 Å². The first-order valence-corrected chi connectivity index (χ1v) is 12.0. The molecule has 11 nitrogen and oxygen atoms in total. The van der Waals surface area contributed by atoms with Gasteiger partial charge in [-0.05, 0) is 27.7 Å². The summed E-state index contributed by atoms with van der Waals surface area (Å²) in [5.74, 6) is 3.18. The molecule has 1 fully saturated rings. The average molecular weight is 519 g/mol. The molecule has 0 amide bonds. The van der Waals surface area contributed by atoms with Crippen LogP contribution in [0.2, 0.25) is 0 Å². The number of aliphatic hydroxyl groups is 1. The van der Waals surface area contributed by atoms with Gasteiger partial charge in [0.25, 0.3) is 13.7 Å². The van der Waals surface area contributed by atoms with Crippen molar-refractivity contribution in [1.82, 2.24) is 14.6 Å². The molecule has 6 atom stereocenters. The Labute approximate surface area is 202 Å². The van der Waals surface area contributed by atoms with Crippen LogP contribution in [0, 0.1) is 17.7 Å². The molecule has 0 bridgehead atoms. The fourth-order valence-electron chi connectivity index (χ4n) is 3.35. The van der Waals surface area contributed by atoms with Gasteiger partial charge >= 0.3 is 11.7 Å². The predicted octanol–water partition coefficient (Wildman–Crippen LogP) is -1.81. The minimum Gasteiger partial charge on any atom is -0.462 e. The van der Waals surface area contributed by atoms with Gasteiger partial charge in [0.05, 0.1) is 12.3 Å². The van der Waals surface area contributed by atoms with Gasteiger partial charge in [0, 0.05) is 5.40 Å². The van der Waals surface area contributed by atoms with E-state index in [1.165, 1.54) is 29.5 Å². The zero-order valence-corrected chi connectivity index (χ0v) is 21.2. The lowest BCUT2D eigenvalue weighted by Crippen LogP contribution is -2.53. The summed E-state index contributed by atoms with van der Waals surface area (Å²) < 4.78 is 43.6. The Morgan fingerprint density at radius 1 is 1.47 bits per heavy atom. The zero-order chi connectivity index (χ0) is 26.0. The van der Waals surface area contributed by atoms with Gasteiger partial charge in [0.1, 0.15) is 33.9 Å². The molecule has 1 aromatic rings. The van der Waals surface area contributed by atoms with Crippen molar-refractivity contribution in [3.63, 3.8) is 0 Å². The van der Waals surface area contributed by atoms with Crippen molar-refractivity contribution >= 4 is 41.4 Å². The molecule has 0 aliphatic carbocycles. The van der Waals surface area contributed by atoms with Gasteiger partial charge in [-0.15, -0.1) is 5.92 Å². The Morgan fingerprint density at radius 2 is 2.09 bits per heavy atom. The maximum absolute atomic E-state index is 13.9. The largest absolute Gasteiger partial charge is 0.462 e. The minimum atomic E-state index is -3.08. The van der Waals surface area contributed by atoms with Crippen LogP contribution in [0.4, 0.5) is 4.39 Å². The number of ether oxygens (including phenoxy) is 2. The van der Waals surface area contributed by atoms with Gasteiger partial charge < -0.3 is 19.1 Å². The van der Waals surface area contributed by atoms with Crippen molar-refractivity contribution in [2.45, 2.75) is 68.6 Å². The fraction of sp³-hybridized carbons (Fsp3) is 0.611. The quantitative estimate of drug-likeness (QED) is 0.119. The monoisotopic (exact) mass is 519 g/mol. The summed E-state index contributed by atoms with van der Waals surface area (Å²) in [4.78, 5) is 35.5. The van der Waals surface area contributed by atoms with Crippen LogP contribution >= 0.6 is 19.8 Å². The van der Waals surface area contributed by atoms with Gasteiger partial charge in [-0.3, -0.25) is 23.7 Å². The van der Waals surface area contributed by atoms with Crippen LogP contribution in [0.25, 0.3) is 0 Å². The number of hydrogen-bond acceptors (Lipinski definition) is 8. The van der Waals surface area contributed by atoms with Crippen molar-refractivity contribution in [1.29, 1.82) is 0 Å². The standard InChI is InChI=1S/C18H26B2ClFN3O8P/c1-5-6-17(21)11(26)12(32-15(17)25-7-10(22)13(27)23-16(25)29)18(19,20)33-34(30)24-9(4)14(28)31-8(2)3/h7-9,11-12,15,26,34H,19-20H2,1-4H3,(H,24,30)(H,23,27,29)/t9-,11?,12?,15+,17+/m0/s1. The lowest BCUT2D eigenvalue weighted by atomic mass is 9.60. The van der Waals surface area contributed by atoms with E-state index in [0.29, 0.717) is 10.8 Å². The smallest absolute Gasteiger partial charge is 0.330 e. The number of H-pyrrole nitrogens is 1. The molecular weight excluding hydrogens is 493 g/mol. The number of esters is 1. The molecule has 16 heteroatoms. The Kier molecular flexibility index (Phi) is 9.02. The summed E-state index contributed by atoms with van der Waals surface area (Å²) in [6.45, 7) is 6.21. The predicted molar refractivity (Wildman–Crippen MR) is 127 cm³/mol. The van der Waals surface area contributed by atoms with Crippen molar-refractivity contribution in [3.05, 3.63) is 32.9 Å². The van der Waals surface area contributed by atoms with Gasteiger partial charge in [-0.25, -0.2) is 9.88 Å². The molecule has 3 N–H and O–H groups in total. The van der Waals surface area contributed by atoms with E-state index in [-0.39, 0.29) is 6.10 Å². The third-order valence-electron chi connectivity index (χ3n) is 4.93. The van der Waals surface area contributed by atoms with Gasteiger partial charge in [0.15, 0.2) is 11.1 Å². The number of alkyl halides is 1. The first-order chi connectivity index (χ1) is 15.6. The van der Waals surface area contributed by atoms with Crippen LogP contribution in [0.3, 0.4) is 0 Å². The summed E-state index contributed by atoms with van der Waals surface area (Å²) in [6.07, 6.45) is -4.24. The molecule has 2 rings (SSSR count). The molecule has 0 radical (unpaired) electrons. The first-order valence-electron chi connectivity index (χ1n) is 10.3. The average Bonchev–Trinajstić information content (AvgIpc) is 2.95. The van der Waals surface area contributed by atoms with Crippen molar-refractivity contribution < 1.29 is 32.9 Å². The number of carbonyl (C=O) groups excluding carboxylic acids is 1. The summed E-state index contributed by atoms with van der Waals surface area (Å²) in [5, 5.41) is 12.0. The van der Waals surface area contributed by atoms with Gasteiger partial charge in [-0.1, -0.05) is 17.5 Å². The van der Waals surface area contributed by atoms with E-state index in [0.717, 1.165) is 0 Å². The van der Waals surface area contributed by atoms with E-state index in [1.807, 2.05) is 0 Å². The minimum absolute atomic E-state index is 0.368. The zero-order valence-electron chi connectivity index (χ0n) is 19.5. The number of aromatic nitrogens is 2. The first kappa shape index (κ1) is 28.4. The maximum atomic E-state index is 13.9. The Bertz CT molecular complexity index is 1140. The van der Waals surface area contributed by atoms with E-state index >= 15 is 0 Å². The van der Waals surface area contributed by atoms with E-state index in [2.05, 4.69) is 16.9 Å². The molecule has 1 aliphatic heterocycles. The summed E-state index contributed by atoms with van der Waals surface area (Å²) >= 11 is 6.57. The Morgan fingerprint density at radius 3 is 2.65 bits per heavy atom. The lowest BCUT2D eigenvalue weighted by Gasteiger charge is -2.34. The summed E-state index contributed by atoms with van der Waals surface area (Å²) in [5.41, 5.74) is -2.28. The second-order valence-electron chi connectivity index (χ2n) is 8.49. The molecule has 34 heavy (non-hydrogen) atoms. The van der Waals surface area contributed by atoms with E-state index in [4.69, 9.17) is 25.6 Å². The highest BCUT2D eigenvalue weighted by Gasteiger charge is 2.60. The highest BCUT2D eigenvalue weighted by molar-refractivity contribution is 7.37. The lowest BCUT2D eigenvalue weighted by molar-refractivity contribution is -0.149. The number of carbonyl (C=O) groups is 1. The van der Waals surface area contributed by atoms with Crippen LogP contribution in [-0.2, 0) is 23.4 Å². The number of nitrogens with zero attached hydrogens (tertiary/aromatic N) is 1. The van der Waals surface area contributed by atoms with Gasteiger partial charge in [0.2, 0.25) is 5.82 Å². The SMILES string of the molecule is BC(B)(O[PH](=O)N[C@@H](C)C(=O)OC(C)C)C1O[C@@H](n2cc(F)c(=O)[nH]c2=O)[C@@](Cl)(C#CC)C1O. The number of aliphatic hydroxyl groups excluding tert-OH is 1.